The third kappa shape index (κ3) is 3.16. The average Bonchev–Trinajstić information content (AvgIpc) is 3.20. The number of rotatable bonds is 6. The van der Waals surface area contributed by atoms with Gasteiger partial charge in [0.05, 0.1) is 12.8 Å². The molecule has 2 heterocycles. The Bertz CT molecular complexity index is 638. The Hall–Kier alpha value is -2.63. The first-order valence-corrected chi connectivity index (χ1v) is 7.09. The summed E-state index contributed by atoms with van der Waals surface area (Å²) in [5.74, 6) is 2.54. The number of likely N-dealkylation sites (N-methyl/N-ethyl adjacent to an activating group) is 1. The number of benzene rings is 1. The Balaban J connectivity index is 1.56. The van der Waals surface area contributed by atoms with Gasteiger partial charge < -0.3 is 23.5 Å². The first-order valence-electron chi connectivity index (χ1n) is 7.09. The Morgan fingerprint density at radius 1 is 1.27 bits per heavy atom. The standard InChI is InChI=1S/C16H17NO5/c1-2-17(9-13-4-3-7-19-13)16(18)10-20-12-5-6-14-15(8-12)22-11-21-14/h3-8H,2,9-11H2,1H3. The van der Waals surface area contributed by atoms with Crippen LogP contribution in [-0.2, 0) is 11.3 Å². The zero-order chi connectivity index (χ0) is 15.4. The van der Waals surface area contributed by atoms with Crippen molar-refractivity contribution < 1.29 is 23.4 Å². The molecule has 0 aliphatic carbocycles. The van der Waals surface area contributed by atoms with Gasteiger partial charge in [0.1, 0.15) is 11.5 Å². The number of fused-ring (bicyclic) bond motifs is 1. The summed E-state index contributed by atoms with van der Waals surface area (Å²) < 4.78 is 21.3. The van der Waals surface area contributed by atoms with E-state index < -0.39 is 0 Å². The van der Waals surface area contributed by atoms with Gasteiger partial charge in [0.15, 0.2) is 18.1 Å². The van der Waals surface area contributed by atoms with Gasteiger partial charge in [0.25, 0.3) is 5.91 Å². The fraction of sp³-hybridized carbons (Fsp3) is 0.312. The molecule has 1 aliphatic rings. The van der Waals surface area contributed by atoms with Crippen molar-refractivity contribution in [1.29, 1.82) is 0 Å². The van der Waals surface area contributed by atoms with Crippen LogP contribution < -0.4 is 14.2 Å². The maximum atomic E-state index is 12.2. The molecular formula is C16H17NO5. The summed E-state index contributed by atoms with van der Waals surface area (Å²) in [7, 11) is 0. The normalized spacial score (nSPS) is 12.2. The molecule has 3 rings (SSSR count). The number of furan rings is 1. The number of nitrogens with zero attached hydrogens (tertiary/aromatic N) is 1. The summed E-state index contributed by atoms with van der Waals surface area (Å²) in [5, 5.41) is 0. The van der Waals surface area contributed by atoms with E-state index >= 15 is 0 Å². The topological polar surface area (TPSA) is 61.1 Å². The van der Waals surface area contributed by atoms with Gasteiger partial charge in [0.2, 0.25) is 6.79 Å². The highest BCUT2D eigenvalue weighted by Gasteiger charge is 2.16. The van der Waals surface area contributed by atoms with Crippen LogP contribution in [0.1, 0.15) is 12.7 Å². The van der Waals surface area contributed by atoms with Crippen molar-refractivity contribution in [1.82, 2.24) is 4.90 Å². The largest absolute Gasteiger partial charge is 0.484 e. The Morgan fingerprint density at radius 3 is 2.91 bits per heavy atom. The molecule has 1 aromatic heterocycles. The van der Waals surface area contributed by atoms with E-state index in [0.717, 1.165) is 5.76 Å². The van der Waals surface area contributed by atoms with Gasteiger partial charge in [0, 0.05) is 12.6 Å². The minimum atomic E-state index is -0.100. The second-order valence-electron chi connectivity index (χ2n) is 4.79. The van der Waals surface area contributed by atoms with Crippen LogP contribution in [0.25, 0.3) is 0 Å². The molecule has 0 unspecified atom stereocenters. The molecule has 0 saturated carbocycles. The van der Waals surface area contributed by atoms with Gasteiger partial charge in [-0.2, -0.15) is 0 Å². The Morgan fingerprint density at radius 2 is 2.14 bits per heavy atom. The SMILES string of the molecule is CCN(Cc1ccco1)C(=O)COc1ccc2c(c1)OCO2. The summed E-state index contributed by atoms with van der Waals surface area (Å²) in [6.07, 6.45) is 1.59. The quantitative estimate of drug-likeness (QED) is 0.820. The summed E-state index contributed by atoms with van der Waals surface area (Å²) >= 11 is 0. The maximum absolute atomic E-state index is 12.2. The molecule has 22 heavy (non-hydrogen) atoms. The summed E-state index contributed by atoms with van der Waals surface area (Å²) in [5.41, 5.74) is 0. The average molecular weight is 303 g/mol. The molecule has 0 fully saturated rings. The molecule has 0 N–H and O–H groups in total. The molecule has 116 valence electrons. The number of hydrogen-bond donors (Lipinski definition) is 0. The minimum absolute atomic E-state index is 0.0335. The summed E-state index contributed by atoms with van der Waals surface area (Å²) in [6.45, 7) is 3.12. The van der Waals surface area contributed by atoms with E-state index in [2.05, 4.69) is 0 Å². The molecule has 0 atom stereocenters. The molecule has 1 aliphatic heterocycles. The molecule has 0 spiro atoms. The highest BCUT2D eigenvalue weighted by molar-refractivity contribution is 5.77. The van der Waals surface area contributed by atoms with E-state index in [9.17, 15) is 4.79 Å². The van der Waals surface area contributed by atoms with Crippen LogP contribution in [0, 0.1) is 0 Å². The Kier molecular flexibility index (Phi) is 4.18. The van der Waals surface area contributed by atoms with E-state index in [1.54, 1.807) is 35.4 Å². The summed E-state index contributed by atoms with van der Waals surface area (Å²) in [4.78, 5) is 13.9. The van der Waals surface area contributed by atoms with Crippen LogP contribution in [0.4, 0.5) is 0 Å². The fourth-order valence-corrected chi connectivity index (χ4v) is 2.17. The van der Waals surface area contributed by atoms with Crippen molar-refractivity contribution >= 4 is 5.91 Å². The van der Waals surface area contributed by atoms with E-state index in [4.69, 9.17) is 18.6 Å². The molecule has 1 amide bonds. The number of amides is 1. The molecule has 1 aromatic carbocycles. The first-order chi connectivity index (χ1) is 10.8. The number of hydrogen-bond acceptors (Lipinski definition) is 5. The zero-order valence-electron chi connectivity index (χ0n) is 12.3. The summed E-state index contributed by atoms with van der Waals surface area (Å²) in [6, 6.07) is 8.88. The molecular weight excluding hydrogens is 286 g/mol. The minimum Gasteiger partial charge on any atom is -0.484 e. The van der Waals surface area contributed by atoms with E-state index in [-0.39, 0.29) is 19.3 Å². The van der Waals surface area contributed by atoms with E-state index in [1.807, 2.05) is 13.0 Å². The fourth-order valence-electron chi connectivity index (χ4n) is 2.17. The Labute approximate surface area is 128 Å². The maximum Gasteiger partial charge on any atom is 0.260 e. The van der Waals surface area contributed by atoms with Gasteiger partial charge in [-0.3, -0.25) is 4.79 Å². The van der Waals surface area contributed by atoms with Gasteiger partial charge in [-0.1, -0.05) is 0 Å². The van der Waals surface area contributed by atoms with Gasteiger partial charge >= 0.3 is 0 Å². The van der Waals surface area contributed by atoms with Gasteiger partial charge in [-0.15, -0.1) is 0 Å². The molecule has 6 nitrogen and oxygen atoms in total. The lowest BCUT2D eigenvalue weighted by molar-refractivity contribution is -0.134. The van der Waals surface area contributed by atoms with Crippen molar-refractivity contribution in [3.63, 3.8) is 0 Å². The molecule has 6 heteroatoms. The van der Waals surface area contributed by atoms with Crippen LogP contribution in [-0.4, -0.2) is 30.8 Å². The second-order valence-corrected chi connectivity index (χ2v) is 4.79. The van der Waals surface area contributed by atoms with Crippen LogP contribution in [0.2, 0.25) is 0 Å². The highest BCUT2D eigenvalue weighted by atomic mass is 16.7. The van der Waals surface area contributed by atoms with Gasteiger partial charge in [-0.25, -0.2) is 0 Å². The molecule has 0 bridgehead atoms. The van der Waals surface area contributed by atoms with Crippen molar-refractivity contribution in [2.45, 2.75) is 13.5 Å². The van der Waals surface area contributed by atoms with Crippen LogP contribution in [0.3, 0.4) is 0 Å². The molecule has 0 saturated heterocycles. The van der Waals surface area contributed by atoms with Crippen molar-refractivity contribution in [2.24, 2.45) is 0 Å². The number of ether oxygens (including phenoxy) is 3. The zero-order valence-corrected chi connectivity index (χ0v) is 12.3. The van der Waals surface area contributed by atoms with Crippen LogP contribution in [0.15, 0.2) is 41.0 Å². The van der Waals surface area contributed by atoms with Crippen LogP contribution in [0.5, 0.6) is 17.2 Å². The monoisotopic (exact) mass is 303 g/mol. The molecule has 2 aromatic rings. The lowest BCUT2D eigenvalue weighted by Crippen LogP contribution is -2.34. The second kappa shape index (κ2) is 6.43. The van der Waals surface area contributed by atoms with E-state index in [1.165, 1.54) is 0 Å². The van der Waals surface area contributed by atoms with Crippen molar-refractivity contribution in [2.75, 3.05) is 19.9 Å². The number of carbonyl (C=O) groups excluding carboxylic acids is 1. The predicted octanol–water partition coefficient (Wildman–Crippen LogP) is 2.44. The van der Waals surface area contributed by atoms with Crippen molar-refractivity contribution in [3.8, 4) is 17.2 Å². The lowest BCUT2D eigenvalue weighted by Gasteiger charge is -2.19. The molecule has 0 radical (unpaired) electrons. The van der Waals surface area contributed by atoms with Gasteiger partial charge in [-0.05, 0) is 31.2 Å². The lowest BCUT2D eigenvalue weighted by atomic mass is 10.3. The van der Waals surface area contributed by atoms with Crippen LogP contribution >= 0.6 is 0 Å². The predicted molar refractivity (Wildman–Crippen MR) is 77.9 cm³/mol. The first kappa shape index (κ1) is 14.3. The highest BCUT2D eigenvalue weighted by Crippen LogP contribution is 2.35. The van der Waals surface area contributed by atoms with Crippen molar-refractivity contribution in [3.05, 3.63) is 42.4 Å². The van der Waals surface area contributed by atoms with E-state index in [0.29, 0.717) is 30.3 Å². The number of carbonyl (C=O) groups is 1. The third-order valence-electron chi connectivity index (χ3n) is 3.37. The third-order valence-corrected chi connectivity index (χ3v) is 3.37. The smallest absolute Gasteiger partial charge is 0.260 e.